The quantitative estimate of drug-likeness (QED) is 0.335. The highest BCUT2D eigenvalue weighted by molar-refractivity contribution is 5.95. The number of aromatic nitrogens is 2. The molecule has 0 unspecified atom stereocenters. The van der Waals surface area contributed by atoms with Crippen molar-refractivity contribution >= 4 is 34.6 Å². The summed E-state index contributed by atoms with van der Waals surface area (Å²) in [6, 6.07) is 11.6. The lowest BCUT2D eigenvalue weighted by Gasteiger charge is -2.40. The second-order valence-corrected chi connectivity index (χ2v) is 16.7. The predicted octanol–water partition coefficient (Wildman–Crippen LogP) is 2.85. The van der Waals surface area contributed by atoms with Gasteiger partial charge >= 0.3 is 6.09 Å². The van der Waals surface area contributed by atoms with E-state index in [0.29, 0.717) is 93.0 Å². The van der Waals surface area contributed by atoms with Gasteiger partial charge in [0.15, 0.2) is 0 Å². The minimum Gasteiger partial charge on any atom is -0.444 e. The second-order valence-electron chi connectivity index (χ2n) is 16.7. The van der Waals surface area contributed by atoms with E-state index in [1.54, 1.807) is 54.8 Å². The summed E-state index contributed by atoms with van der Waals surface area (Å²) in [6.45, 7) is 12.7. The third-order valence-electron chi connectivity index (χ3n) is 11.5. The standard InChI is InChI=1S/C41H53FN8O6/c1-40(2,3)56-39(55)43-41(12-13-41)38(54)50-18-16-47(17-19-50)26-28-10-14-46(15-11-28)27-35(51)48-20-22-49(23-21-48)37(53)32-24-29(8-9-33(32)42)25-34-30-6-4-5-7-31(30)36(52)45-44-34/h4-9,24,28H,10-23,25-27H2,1-3H3,(H,43,55)(H,45,52). The van der Waals surface area contributed by atoms with Crippen LogP contribution in [0.4, 0.5) is 9.18 Å². The highest BCUT2D eigenvalue weighted by Gasteiger charge is 2.54. The fourth-order valence-corrected chi connectivity index (χ4v) is 8.11. The number of aromatic amines is 1. The molecule has 0 atom stereocenters. The highest BCUT2D eigenvalue weighted by atomic mass is 19.1. The van der Waals surface area contributed by atoms with Crippen LogP contribution in [0.15, 0.2) is 47.3 Å². The van der Waals surface area contributed by atoms with Gasteiger partial charge in [-0.3, -0.25) is 29.0 Å². The monoisotopic (exact) mass is 772 g/mol. The molecule has 4 amide bonds. The third-order valence-corrected chi connectivity index (χ3v) is 11.5. The van der Waals surface area contributed by atoms with Gasteiger partial charge in [0.05, 0.1) is 23.2 Å². The fourth-order valence-electron chi connectivity index (χ4n) is 8.11. The molecule has 1 aromatic heterocycles. The molecule has 4 heterocycles. The summed E-state index contributed by atoms with van der Waals surface area (Å²) in [5.74, 6) is -0.464. The van der Waals surface area contributed by atoms with Gasteiger partial charge in [-0.1, -0.05) is 24.3 Å². The number of amides is 4. The van der Waals surface area contributed by atoms with Crippen LogP contribution in [0.5, 0.6) is 0 Å². The van der Waals surface area contributed by atoms with Crippen LogP contribution < -0.4 is 10.9 Å². The van der Waals surface area contributed by atoms with Crippen LogP contribution in [0.3, 0.4) is 0 Å². The molecule has 0 spiro atoms. The van der Waals surface area contributed by atoms with Gasteiger partial charge in [0.25, 0.3) is 11.5 Å². The number of rotatable bonds is 9. The molecule has 3 aromatic rings. The van der Waals surface area contributed by atoms with Gasteiger partial charge in [-0.05, 0) is 89.2 Å². The summed E-state index contributed by atoms with van der Waals surface area (Å²) in [7, 11) is 0. The first-order chi connectivity index (χ1) is 26.8. The number of nitrogens with zero attached hydrogens (tertiary/aromatic N) is 6. The molecule has 7 rings (SSSR count). The molecule has 4 fully saturated rings. The Hall–Kier alpha value is -4.89. The van der Waals surface area contributed by atoms with Crippen molar-refractivity contribution in [2.75, 3.05) is 78.5 Å². The van der Waals surface area contributed by atoms with Gasteiger partial charge in [-0.25, -0.2) is 14.3 Å². The molecule has 0 radical (unpaired) electrons. The summed E-state index contributed by atoms with van der Waals surface area (Å²) < 4.78 is 20.4. The molecule has 3 saturated heterocycles. The minimum absolute atomic E-state index is 0.0136. The van der Waals surface area contributed by atoms with E-state index in [-0.39, 0.29) is 22.9 Å². The molecule has 15 heteroatoms. The van der Waals surface area contributed by atoms with Gasteiger partial charge in [0.1, 0.15) is 17.0 Å². The van der Waals surface area contributed by atoms with Gasteiger partial charge < -0.3 is 24.8 Å². The van der Waals surface area contributed by atoms with Crippen LogP contribution in [0, 0.1) is 11.7 Å². The first-order valence-electron chi connectivity index (χ1n) is 19.8. The Balaban J connectivity index is 0.820. The van der Waals surface area contributed by atoms with Crippen LogP contribution in [0.2, 0.25) is 0 Å². The first-order valence-corrected chi connectivity index (χ1v) is 19.8. The normalized spacial score (nSPS) is 19.5. The lowest BCUT2D eigenvalue weighted by atomic mass is 9.96. The number of fused-ring (bicyclic) bond motifs is 1. The van der Waals surface area contributed by atoms with Crippen LogP contribution >= 0.6 is 0 Å². The fraction of sp³-hybridized carbons (Fsp3) is 0.561. The van der Waals surface area contributed by atoms with Crippen LogP contribution in [-0.2, 0) is 20.7 Å². The zero-order valence-corrected chi connectivity index (χ0v) is 32.7. The molecule has 3 aliphatic heterocycles. The predicted molar refractivity (Wildman–Crippen MR) is 208 cm³/mol. The highest BCUT2D eigenvalue weighted by Crippen LogP contribution is 2.38. The smallest absolute Gasteiger partial charge is 0.408 e. The number of likely N-dealkylation sites (tertiary alicyclic amines) is 1. The Bertz CT molecular complexity index is 2000. The summed E-state index contributed by atoms with van der Waals surface area (Å²) in [5.41, 5.74) is -0.420. The van der Waals surface area contributed by atoms with Gasteiger partial charge in [-0.2, -0.15) is 5.10 Å². The van der Waals surface area contributed by atoms with E-state index in [4.69, 9.17) is 4.74 Å². The van der Waals surface area contributed by atoms with Crippen molar-refractivity contribution in [1.82, 2.24) is 40.0 Å². The number of nitrogens with one attached hydrogen (secondary N) is 2. The van der Waals surface area contributed by atoms with E-state index in [0.717, 1.165) is 45.6 Å². The van der Waals surface area contributed by atoms with Crippen molar-refractivity contribution < 1.29 is 28.3 Å². The third kappa shape index (κ3) is 9.21. The number of alkyl carbamates (subject to hydrolysis) is 1. The number of H-pyrrole nitrogens is 1. The Kier molecular flexibility index (Phi) is 11.5. The lowest BCUT2D eigenvalue weighted by Crippen LogP contribution is -2.57. The Morgan fingerprint density at radius 3 is 2.16 bits per heavy atom. The van der Waals surface area contributed by atoms with E-state index in [9.17, 15) is 28.4 Å². The van der Waals surface area contributed by atoms with Gasteiger partial charge in [0, 0.05) is 70.7 Å². The number of ether oxygens (including phenoxy) is 1. The average Bonchev–Trinajstić information content (AvgIpc) is 3.96. The van der Waals surface area contributed by atoms with Crippen LogP contribution in [0.25, 0.3) is 10.8 Å². The van der Waals surface area contributed by atoms with Crippen molar-refractivity contribution in [3.63, 3.8) is 0 Å². The second kappa shape index (κ2) is 16.3. The molecular formula is C41H53FN8O6. The number of benzene rings is 2. The first kappa shape index (κ1) is 39.3. The lowest BCUT2D eigenvalue weighted by molar-refractivity contribution is -0.136. The molecule has 2 aromatic carbocycles. The maximum atomic E-state index is 15.0. The Labute approximate surface area is 326 Å². The molecule has 56 heavy (non-hydrogen) atoms. The van der Waals surface area contributed by atoms with E-state index < -0.39 is 29.0 Å². The van der Waals surface area contributed by atoms with Crippen molar-refractivity contribution in [2.45, 2.75) is 64.0 Å². The van der Waals surface area contributed by atoms with Crippen molar-refractivity contribution in [2.24, 2.45) is 5.92 Å². The molecule has 1 aliphatic carbocycles. The number of piperidine rings is 1. The topological polar surface area (TPSA) is 151 Å². The van der Waals surface area contributed by atoms with Crippen LogP contribution in [0.1, 0.15) is 68.1 Å². The number of carbonyl (C=O) groups excluding carboxylic acids is 4. The molecule has 0 bridgehead atoms. The number of piperazine rings is 2. The molecule has 2 N–H and O–H groups in total. The van der Waals surface area contributed by atoms with E-state index >= 15 is 0 Å². The minimum atomic E-state index is -0.824. The largest absolute Gasteiger partial charge is 0.444 e. The molecular weight excluding hydrogens is 719 g/mol. The number of halogens is 1. The SMILES string of the molecule is CC(C)(C)OC(=O)NC1(C(=O)N2CCN(CC3CCN(CC(=O)N4CCN(C(=O)c5cc(Cc6n[nH]c(=O)c7ccccc67)ccc5F)CC4)CC3)CC2)CC1. The number of carbonyl (C=O) groups is 4. The zero-order chi connectivity index (χ0) is 39.6. The Morgan fingerprint density at radius 1 is 0.857 bits per heavy atom. The van der Waals surface area contributed by atoms with E-state index in [2.05, 4.69) is 25.3 Å². The average molecular weight is 773 g/mol. The summed E-state index contributed by atoms with van der Waals surface area (Å²) >= 11 is 0. The number of hydrogen-bond acceptors (Lipinski definition) is 9. The summed E-state index contributed by atoms with van der Waals surface area (Å²) in [5, 5.41) is 10.8. The summed E-state index contributed by atoms with van der Waals surface area (Å²) in [6.07, 6.45) is 3.03. The van der Waals surface area contributed by atoms with Gasteiger partial charge in [0.2, 0.25) is 11.8 Å². The molecule has 1 saturated carbocycles. The zero-order valence-electron chi connectivity index (χ0n) is 32.7. The van der Waals surface area contributed by atoms with Gasteiger partial charge in [-0.15, -0.1) is 0 Å². The Morgan fingerprint density at radius 2 is 1.50 bits per heavy atom. The number of hydrogen-bond donors (Lipinski definition) is 2. The molecule has 300 valence electrons. The maximum Gasteiger partial charge on any atom is 0.408 e. The van der Waals surface area contributed by atoms with E-state index in [1.165, 1.54) is 6.07 Å². The van der Waals surface area contributed by atoms with Crippen molar-refractivity contribution in [3.05, 3.63) is 75.5 Å². The molecule has 4 aliphatic rings. The molecule has 14 nitrogen and oxygen atoms in total. The van der Waals surface area contributed by atoms with Crippen molar-refractivity contribution in [1.29, 1.82) is 0 Å². The maximum absolute atomic E-state index is 15.0. The van der Waals surface area contributed by atoms with E-state index in [1.807, 2.05) is 17.0 Å². The van der Waals surface area contributed by atoms with Crippen molar-refractivity contribution in [3.8, 4) is 0 Å². The summed E-state index contributed by atoms with van der Waals surface area (Å²) in [4.78, 5) is 74.5. The van der Waals surface area contributed by atoms with Crippen LogP contribution in [-0.4, -0.2) is 148 Å².